The molecule has 1 aromatic carbocycles. The van der Waals surface area contributed by atoms with Gasteiger partial charge in [-0.3, -0.25) is 0 Å². The quantitative estimate of drug-likeness (QED) is 0.817. The highest BCUT2D eigenvalue weighted by Crippen LogP contribution is 2.15. The Hall–Kier alpha value is -1.03. The summed E-state index contributed by atoms with van der Waals surface area (Å²) in [7, 11) is 0. The SMILES string of the molecule is CCN(CC)c1ccc(CNCc2cccs2)cc1.[Cl-]. The van der Waals surface area contributed by atoms with Gasteiger partial charge in [0.25, 0.3) is 0 Å². The van der Waals surface area contributed by atoms with E-state index in [2.05, 4.69) is 65.8 Å². The summed E-state index contributed by atoms with van der Waals surface area (Å²) >= 11 is 1.80. The number of halogens is 1. The molecule has 1 N–H and O–H groups in total. The largest absolute Gasteiger partial charge is 1.00 e. The lowest BCUT2D eigenvalue weighted by Gasteiger charge is -2.21. The molecule has 20 heavy (non-hydrogen) atoms. The standard InChI is InChI=1S/C16H22N2S.ClH/c1-3-18(4-2)15-9-7-14(8-10-15)12-17-13-16-6-5-11-19-16;/h5-11,17H,3-4,12-13H2,1-2H3;1H/p-1. The zero-order valence-corrected chi connectivity index (χ0v) is 13.7. The first-order chi connectivity index (χ1) is 9.33. The molecule has 0 spiro atoms. The van der Waals surface area contributed by atoms with E-state index < -0.39 is 0 Å². The Morgan fingerprint density at radius 3 is 2.25 bits per heavy atom. The second kappa shape index (κ2) is 9.01. The van der Waals surface area contributed by atoms with E-state index >= 15 is 0 Å². The molecule has 110 valence electrons. The van der Waals surface area contributed by atoms with E-state index in [1.54, 1.807) is 11.3 Å². The van der Waals surface area contributed by atoms with Crippen LogP contribution in [0, 0.1) is 0 Å². The number of rotatable bonds is 7. The van der Waals surface area contributed by atoms with Crippen LogP contribution in [-0.2, 0) is 13.1 Å². The fourth-order valence-electron chi connectivity index (χ4n) is 2.16. The lowest BCUT2D eigenvalue weighted by molar-refractivity contribution is -0.00000390. The lowest BCUT2D eigenvalue weighted by atomic mass is 10.2. The first-order valence-corrected chi connectivity index (χ1v) is 7.78. The number of nitrogens with one attached hydrogen (secondary N) is 1. The molecule has 0 saturated heterocycles. The van der Waals surface area contributed by atoms with Crippen LogP contribution in [0.2, 0.25) is 0 Å². The minimum Gasteiger partial charge on any atom is -1.00 e. The van der Waals surface area contributed by atoms with Gasteiger partial charge in [0.1, 0.15) is 0 Å². The summed E-state index contributed by atoms with van der Waals surface area (Å²) in [5.41, 5.74) is 2.65. The van der Waals surface area contributed by atoms with Crippen LogP contribution in [0.3, 0.4) is 0 Å². The topological polar surface area (TPSA) is 15.3 Å². The molecule has 2 nitrogen and oxygen atoms in total. The molecule has 2 rings (SSSR count). The molecule has 0 radical (unpaired) electrons. The maximum absolute atomic E-state index is 3.48. The van der Waals surface area contributed by atoms with Crippen LogP contribution < -0.4 is 22.6 Å². The molecule has 0 atom stereocenters. The molecule has 0 saturated carbocycles. The van der Waals surface area contributed by atoms with Crippen LogP contribution in [-0.4, -0.2) is 13.1 Å². The van der Waals surface area contributed by atoms with Crippen molar-refractivity contribution < 1.29 is 12.4 Å². The Bertz CT molecular complexity index is 464. The van der Waals surface area contributed by atoms with Crippen LogP contribution >= 0.6 is 11.3 Å². The molecule has 4 heteroatoms. The third-order valence-corrected chi connectivity index (χ3v) is 4.15. The van der Waals surface area contributed by atoms with Crippen LogP contribution in [0.4, 0.5) is 5.69 Å². The van der Waals surface area contributed by atoms with E-state index in [1.165, 1.54) is 16.1 Å². The summed E-state index contributed by atoms with van der Waals surface area (Å²) in [6.07, 6.45) is 0. The summed E-state index contributed by atoms with van der Waals surface area (Å²) in [6.45, 7) is 8.39. The first kappa shape index (κ1) is 17.0. The van der Waals surface area contributed by atoms with Crippen molar-refractivity contribution in [3.8, 4) is 0 Å². The highest BCUT2D eigenvalue weighted by Gasteiger charge is 2.01. The second-order valence-corrected chi connectivity index (χ2v) is 5.55. The molecule has 0 amide bonds. The summed E-state index contributed by atoms with van der Waals surface area (Å²) in [4.78, 5) is 3.75. The van der Waals surface area contributed by atoms with Gasteiger partial charge in [-0.05, 0) is 43.0 Å². The maximum Gasteiger partial charge on any atom is 0.0366 e. The van der Waals surface area contributed by atoms with Gasteiger partial charge in [0.05, 0.1) is 0 Å². The van der Waals surface area contributed by atoms with Gasteiger partial charge in [-0.2, -0.15) is 0 Å². The van der Waals surface area contributed by atoms with Crippen molar-refractivity contribution in [2.24, 2.45) is 0 Å². The summed E-state index contributed by atoms with van der Waals surface area (Å²) in [5.74, 6) is 0. The molecule has 0 bridgehead atoms. The molecule has 0 aliphatic carbocycles. The van der Waals surface area contributed by atoms with E-state index in [1.807, 2.05) is 0 Å². The molecule has 0 aliphatic rings. The Morgan fingerprint density at radius 2 is 1.70 bits per heavy atom. The van der Waals surface area contributed by atoms with Gasteiger partial charge < -0.3 is 22.6 Å². The molecule has 0 fully saturated rings. The van der Waals surface area contributed by atoms with Crippen LogP contribution in [0.25, 0.3) is 0 Å². The van der Waals surface area contributed by atoms with E-state index in [0.717, 1.165) is 26.2 Å². The smallest absolute Gasteiger partial charge is 0.0366 e. The second-order valence-electron chi connectivity index (χ2n) is 4.52. The molecule has 0 aliphatic heterocycles. The summed E-state index contributed by atoms with van der Waals surface area (Å²) in [6, 6.07) is 13.1. The Labute approximate surface area is 132 Å². The van der Waals surface area contributed by atoms with Crippen molar-refractivity contribution in [3.63, 3.8) is 0 Å². The van der Waals surface area contributed by atoms with Crippen molar-refractivity contribution in [1.82, 2.24) is 5.32 Å². The van der Waals surface area contributed by atoms with Gasteiger partial charge in [0, 0.05) is 36.7 Å². The third-order valence-electron chi connectivity index (χ3n) is 3.27. The molecular weight excluding hydrogens is 288 g/mol. The Morgan fingerprint density at radius 1 is 1.00 bits per heavy atom. The van der Waals surface area contributed by atoms with Gasteiger partial charge >= 0.3 is 0 Å². The van der Waals surface area contributed by atoms with E-state index in [9.17, 15) is 0 Å². The average molecular weight is 310 g/mol. The molecular formula is C16H22ClN2S-. The molecule has 1 aromatic heterocycles. The normalized spacial score (nSPS) is 10.1. The maximum atomic E-state index is 3.48. The Kier molecular flexibility index (Phi) is 7.67. The van der Waals surface area contributed by atoms with Gasteiger partial charge in [0.2, 0.25) is 0 Å². The molecule has 1 heterocycles. The lowest BCUT2D eigenvalue weighted by Crippen LogP contribution is -3.00. The van der Waals surface area contributed by atoms with E-state index in [-0.39, 0.29) is 12.4 Å². The number of benzene rings is 1. The highest BCUT2D eigenvalue weighted by molar-refractivity contribution is 7.09. The minimum absolute atomic E-state index is 0. The zero-order chi connectivity index (χ0) is 13.5. The number of hydrogen-bond donors (Lipinski definition) is 1. The van der Waals surface area contributed by atoms with Crippen LogP contribution in [0.5, 0.6) is 0 Å². The van der Waals surface area contributed by atoms with Crippen LogP contribution in [0.15, 0.2) is 41.8 Å². The number of hydrogen-bond acceptors (Lipinski definition) is 3. The average Bonchev–Trinajstić information content (AvgIpc) is 2.95. The van der Waals surface area contributed by atoms with Crippen molar-refractivity contribution >= 4 is 17.0 Å². The summed E-state index contributed by atoms with van der Waals surface area (Å²) < 4.78 is 0. The Balaban J connectivity index is 0.00000200. The fraction of sp³-hybridized carbons (Fsp3) is 0.375. The monoisotopic (exact) mass is 309 g/mol. The van der Waals surface area contributed by atoms with E-state index in [4.69, 9.17) is 0 Å². The van der Waals surface area contributed by atoms with Crippen molar-refractivity contribution in [2.75, 3.05) is 18.0 Å². The van der Waals surface area contributed by atoms with Gasteiger partial charge in [0.15, 0.2) is 0 Å². The number of anilines is 1. The fourth-order valence-corrected chi connectivity index (χ4v) is 2.83. The predicted molar refractivity (Wildman–Crippen MR) is 84.9 cm³/mol. The third kappa shape index (κ3) is 4.82. The van der Waals surface area contributed by atoms with Crippen LogP contribution in [0.1, 0.15) is 24.3 Å². The highest BCUT2D eigenvalue weighted by atomic mass is 35.5. The minimum atomic E-state index is 0. The van der Waals surface area contributed by atoms with Crippen molar-refractivity contribution in [3.05, 3.63) is 52.2 Å². The zero-order valence-electron chi connectivity index (χ0n) is 12.1. The first-order valence-electron chi connectivity index (χ1n) is 6.90. The van der Waals surface area contributed by atoms with Gasteiger partial charge in [-0.1, -0.05) is 18.2 Å². The van der Waals surface area contributed by atoms with Gasteiger partial charge in [-0.25, -0.2) is 0 Å². The molecule has 2 aromatic rings. The number of nitrogens with zero attached hydrogens (tertiary/aromatic N) is 1. The van der Waals surface area contributed by atoms with Crippen molar-refractivity contribution in [2.45, 2.75) is 26.9 Å². The number of thiophene rings is 1. The van der Waals surface area contributed by atoms with E-state index in [0.29, 0.717) is 0 Å². The predicted octanol–water partition coefficient (Wildman–Crippen LogP) is 0.888. The molecule has 0 unspecified atom stereocenters. The summed E-state index contributed by atoms with van der Waals surface area (Å²) in [5, 5.41) is 5.60. The van der Waals surface area contributed by atoms with Crippen molar-refractivity contribution in [1.29, 1.82) is 0 Å². The van der Waals surface area contributed by atoms with Gasteiger partial charge in [-0.15, -0.1) is 11.3 Å².